The molecule has 0 aromatic rings. The maximum atomic E-state index is 12.3. The molecule has 0 aliphatic carbocycles. The van der Waals surface area contributed by atoms with E-state index < -0.39 is 11.4 Å². The summed E-state index contributed by atoms with van der Waals surface area (Å²) in [5.41, 5.74) is -0.324. The van der Waals surface area contributed by atoms with Crippen LogP contribution in [0, 0.1) is 17.3 Å². The molecule has 0 aliphatic heterocycles. The lowest BCUT2D eigenvalue weighted by Crippen LogP contribution is -2.47. The fourth-order valence-electron chi connectivity index (χ4n) is 1.93. The molecular weight excluding hydrogens is 344 g/mol. The fourth-order valence-corrected chi connectivity index (χ4v) is 1.93. The second kappa shape index (κ2) is 12.5. The van der Waals surface area contributed by atoms with Crippen molar-refractivity contribution in [3.63, 3.8) is 0 Å². The normalized spacial score (nSPS) is 13.0. The minimum atomic E-state index is -1.01. The molecule has 6 nitrogen and oxygen atoms in total. The Kier molecular flexibility index (Phi) is 12.7. The second-order valence-corrected chi connectivity index (χ2v) is 8.55. The number of amides is 2. The zero-order valence-electron chi connectivity index (χ0n) is 18.8. The van der Waals surface area contributed by atoms with E-state index in [1.807, 2.05) is 34.6 Å². The Morgan fingerprint density at radius 1 is 1.11 bits per heavy atom. The van der Waals surface area contributed by atoms with Crippen molar-refractivity contribution in [3.05, 3.63) is 11.6 Å². The van der Waals surface area contributed by atoms with Crippen LogP contribution < -0.4 is 5.32 Å². The number of carboxylic acid groups (broad SMARTS) is 1. The lowest BCUT2D eigenvalue weighted by molar-refractivity contribution is -0.136. The van der Waals surface area contributed by atoms with Crippen molar-refractivity contribution < 1.29 is 19.5 Å². The molecule has 0 saturated carbocycles. The molecule has 27 heavy (non-hydrogen) atoms. The SMILES string of the molecule is CC(C)C.CCC(C)(C)C(=O)NCC(=O)N(C)[C@H](/C=C(\C)C(=O)O)C(C)C. The summed E-state index contributed by atoms with van der Waals surface area (Å²) in [6.45, 7) is 17.3. The molecule has 0 aromatic heterocycles. The van der Waals surface area contributed by atoms with Gasteiger partial charge < -0.3 is 15.3 Å². The van der Waals surface area contributed by atoms with Gasteiger partial charge >= 0.3 is 5.97 Å². The van der Waals surface area contributed by atoms with Crippen LogP contribution >= 0.6 is 0 Å². The number of rotatable bonds is 8. The number of hydrogen-bond donors (Lipinski definition) is 2. The highest BCUT2D eigenvalue weighted by molar-refractivity contribution is 5.88. The monoisotopic (exact) mass is 384 g/mol. The summed E-state index contributed by atoms with van der Waals surface area (Å²) < 4.78 is 0. The van der Waals surface area contributed by atoms with Crippen LogP contribution in [0.4, 0.5) is 0 Å². The van der Waals surface area contributed by atoms with Gasteiger partial charge in [0.15, 0.2) is 0 Å². The van der Waals surface area contributed by atoms with E-state index >= 15 is 0 Å². The number of nitrogens with zero attached hydrogens (tertiary/aromatic N) is 1. The number of carbonyl (C=O) groups is 3. The first-order chi connectivity index (χ1) is 12.2. The topological polar surface area (TPSA) is 86.7 Å². The number of nitrogens with one attached hydrogen (secondary N) is 1. The number of carbonyl (C=O) groups excluding carboxylic acids is 2. The lowest BCUT2D eigenvalue weighted by atomic mass is 9.89. The first kappa shape index (κ1) is 27.4. The number of hydrogen-bond acceptors (Lipinski definition) is 3. The molecular formula is C21H40N2O4. The van der Waals surface area contributed by atoms with Crippen LogP contribution in [0.5, 0.6) is 0 Å². The first-order valence-corrected chi connectivity index (χ1v) is 9.62. The molecule has 2 amide bonds. The van der Waals surface area contributed by atoms with Crippen LogP contribution in [-0.2, 0) is 14.4 Å². The van der Waals surface area contributed by atoms with Crippen LogP contribution in [0.2, 0.25) is 0 Å². The quantitative estimate of drug-likeness (QED) is 0.625. The third kappa shape index (κ3) is 11.5. The van der Waals surface area contributed by atoms with E-state index in [-0.39, 0.29) is 35.9 Å². The standard InChI is InChI=1S/C17H30N2O4.C4H10/c1-8-17(5,6)16(23)18-10-14(20)19(7)13(11(2)3)9-12(4)15(21)22;1-4(2)3/h9,11,13H,8,10H2,1-7H3,(H,18,23)(H,21,22);4H,1-3H3/b12-9+;/t13-;/m1./s1. The van der Waals surface area contributed by atoms with E-state index in [2.05, 4.69) is 26.1 Å². The van der Waals surface area contributed by atoms with Crippen LogP contribution in [0.3, 0.4) is 0 Å². The van der Waals surface area contributed by atoms with E-state index in [1.54, 1.807) is 13.1 Å². The Morgan fingerprint density at radius 2 is 1.56 bits per heavy atom. The van der Waals surface area contributed by atoms with Gasteiger partial charge in [-0.3, -0.25) is 9.59 Å². The van der Waals surface area contributed by atoms with Gasteiger partial charge in [0, 0.05) is 18.0 Å². The van der Waals surface area contributed by atoms with Gasteiger partial charge in [0.25, 0.3) is 0 Å². The van der Waals surface area contributed by atoms with Crippen molar-refractivity contribution in [2.24, 2.45) is 17.3 Å². The number of aliphatic carboxylic acids is 1. The van der Waals surface area contributed by atoms with Crippen molar-refractivity contribution in [2.45, 2.75) is 74.8 Å². The van der Waals surface area contributed by atoms with Gasteiger partial charge in [0.2, 0.25) is 11.8 Å². The molecule has 0 saturated heterocycles. The van der Waals surface area contributed by atoms with Crippen molar-refractivity contribution in [1.82, 2.24) is 10.2 Å². The minimum Gasteiger partial charge on any atom is -0.478 e. The van der Waals surface area contributed by atoms with Crippen LogP contribution in [0.1, 0.15) is 68.7 Å². The fraction of sp³-hybridized carbons (Fsp3) is 0.762. The highest BCUT2D eigenvalue weighted by Gasteiger charge is 2.27. The van der Waals surface area contributed by atoms with Crippen molar-refractivity contribution in [1.29, 1.82) is 0 Å². The minimum absolute atomic E-state index is 0.0565. The summed E-state index contributed by atoms with van der Waals surface area (Å²) in [4.78, 5) is 36.8. The van der Waals surface area contributed by atoms with Gasteiger partial charge in [-0.15, -0.1) is 0 Å². The zero-order chi connectivity index (χ0) is 21.9. The van der Waals surface area contributed by atoms with E-state index in [0.717, 1.165) is 5.92 Å². The maximum Gasteiger partial charge on any atom is 0.331 e. The van der Waals surface area contributed by atoms with Crippen molar-refractivity contribution in [2.75, 3.05) is 13.6 Å². The molecule has 0 spiro atoms. The smallest absolute Gasteiger partial charge is 0.331 e. The molecule has 0 bridgehead atoms. The van der Waals surface area contributed by atoms with Gasteiger partial charge in [-0.1, -0.05) is 61.5 Å². The molecule has 6 heteroatoms. The summed E-state index contributed by atoms with van der Waals surface area (Å²) in [6.07, 6.45) is 2.25. The van der Waals surface area contributed by atoms with Gasteiger partial charge in [-0.2, -0.15) is 0 Å². The molecule has 0 radical (unpaired) electrons. The third-order valence-corrected chi connectivity index (χ3v) is 4.18. The summed E-state index contributed by atoms with van der Waals surface area (Å²) in [7, 11) is 1.62. The second-order valence-electron chi connectivity index (χ2n) is 8.55. The van der Waals surface area contributed by atoms with Crippen LogP contribution in [0.25, 0.3) is 0 Å². The highest BCUT2D eigenvalue weighted by atomic mass is 16.4. The first-order valence-electron chi connectivity index (χ1n) is 9.62. The molecule has 0 heterocycles. The van der Waals surface area contributed by atoms with Crippen molar-refractivity contribution in [3.8, 4) is 0 Å². The third-order valence-electron chi connectivity index (χ3n) is 4.18. The predicted molar refractivity (Wildman–Crippen MR) is 110 cm³/mol. The number of likely N-dealkylation sites (N-methyl/N-ethyl adjacent to an activating group) is 1. The molecule has 0 aliphatic rings. The van der Waals surface area contributed by atoms with Crippen molar-refractivity contribution >= 4 is 17.8 Å². The average Bonchev–Trinajstić information content (AvgIpc) is 2.55. The Balaban J connectivity index is 0. The molecule has 158 valence electrons. The molecule has 0 aromatic carbocycles. The van der Waals surface area contributed by atoms with Gasteiger partial charge in [0.1, 0.15) is 0 Å². The lowest BCUT2D eigenvalue weighted by Gasteiger charge is -2.30. The van der Waals surface area contributed by atoms with E-state index in [0.29, 0.717) is 6.42 Å². The van der Waals surface area contributed by atoms with Gasteiger partial charge in [-0.25, -0.2) is 4.79 Å². The van der Waals surface area contributed by atoms with Crippen LogP contribution in [0.15, 0.2) is 11.6 Å². The van der Waals surface area contributed by atoms with E-state index in [1.165, 1.54) is 11.8 Å². The maximum absolute atomic E-state index is 12.3. The Labute approximate surface area is 165 Å². The Bertz CT molecular complexity index is 520. The summed E-state index contributed by atoms with van der Waals surface area (Å²) in [5.74, 6) is -0.533. The molecule has 0 unspecified atom stereocenters. The largest absolute Gasteiger partial charge is 0.478 e. The highest BCUT2D eigenvalue weighted by Crippen LogP contribution is 2.19. The van der Waals surface area contributed by atoms with Gasteiger partial charge in [0.05, 0.1) is 12.6 Å². The molecule has 0 fully saturated rings. The summed E-state index contributed by atoms with van der Waals surface area (Å²) >= 11 is 0. The molecule has 1 atom stereocenters. The van der Waals surface area contributed by atoms with E-state index in [9.17, 15) is 14.4 Å². The van der Waals surface area contributed by atoms with E-state index in [4.69, 9.17) is 5.11 Å². The average molecular weight is 385 g/mol. The summed E-state index contributed by atoms with van der Waals surface area (Å²) in [6, 6.07) is -0.338. The zero-order valence-corrected chi connectivity index (χ0v) is 18.8. The Morgan fingerprint density at radius 3 is 1.89 bits per heavy atom. The molecule has 0 rings (SSSR count). The van der Waals surface area contributed by atoms with Gasteiger partial charge in [-0.05, 0) is 25.2 Å². The molecule has 2 N–H and O–H groups in total. The van der Waals surface area contributed by atoms with Crippen LogP contribution in [-0.4, -0.2) is 47.4 Å². The number of carboxylic acids is 1. The summed E-state index contributed by atoms with van der Waals surface area (Å²) in [5, 5.41) is 11.7. The Hall–Kier alpha value is -1.85. The predicted octanol–water partition coefficient (Wildman–Crippen LogP) is 3.72.